The molecule has 0 aliphatic heterocycles. The highest BCUT2D eigenvalue weighted by Crippen LogP contribution is 2.40. The fraction of sp³-hybridized carbons (Fsp3) is 0.250. The Morgan fingerprint density at radius 1 is 1.05 bits per heavy atom. The van der Waals surface area contributed by atoms with Crippen LogP contribution in [-0.4, -0.2) is 38.9 Å². The Bertz CT molecular complexity index is 1330. The molecule has 0 aliphatic carbocycles. The highest BCUT2D eigenvalue weighted by molar-refractivity contribution is 7.99. The van der Waals surface area contributed by atoms with Crippen molar-refractivity contribution in [1.29, 1.82) is 5.26 Å². The maximum Gasteiger partial charge on any atom is 0.420 e. The largest absolute Gasteiger partial charge is 0.493 e. The summed E-state index contributed by atoms with van der Waals surface area (Å²) in [6.07, 6.45) is -5.42. The van der Waals surface area contributed by atoms with Gasteiger partial charge < -0.3 is 19.9 Å². The van der Waals surface area contributed by atoms with Gasteiger partial charge in [-0.3, -0.25) is 9.79 Å². The molecule has 0 spiro atoms. The fourth-order valence-electron chi connectivity index (χ4n) is 3.33. The van der Waals surface area contributed by atoms with E-state index in [4.69, 9.17) is 25.2 Å². The van der Waals surface area contributed by atoms with Crippen LogP contribution in [0.5, 0.6) is 17.2 Å². The number of methoxy groups -OCH3 is 2. The number of rotatable bonds is 11. The first-order chi connectivity index (χ1) is 19.1. The third-order valence-electron chi connectivity index (χ3n) is 5.19. The van der Waals surface area contributed by atoms with Crippen molar-refractivity contribution >= 4 is 42.2 Å². The second-order valence-corrected chi connectivity index (χ2v) is 10.0. The van der Waals surface area contributed by atoms with E-state index in [1.807, 2.05) is 13.0 Å². The van der Waals surface area contributed by atoms with Crippen LogP contribution >= 0.6 is 23.5 Å². The highest BCUT2D eigenvalue weighted by Gasteiger charge is 2.35. The quantitative estimate of drug-likeness (QED) is 0.109. The molecule has 1 atom stereocenters. The molecule has 3 aromatic carbocycles. The SMILES string of the molecule is C=Nc1cc(OC)c(OC)cc1SCN.CCSc1ccc(C(C=O)Oc2ccc(C#N)cc2C(F)(F)F)cc1. The van der Waals surface area contributed by atoms with Crippen LogP contribution in [0.4, 0.5) is 18.9 Å². The Labute approximate surface area is 239 Å². The van der Waals surface area contributed by atoms with Crippen molar-refractivity contribution in [3.63, 3.8) is 0 Å². The summed E-state index contributed by atoms with van der Waals surface area (Å²) in [5, 5.41) is 8.78. The number of halogens is 3. The van der Waals surface area contributed by atoms with E-state index in [0.29, 0.717) is 35.3 Å². The van der Waals surface area contributed by atoms with E-state index in [1.165, 1.54) is 17.8 Å². The summed E-state index contributed by atoms with van der Waals surface area (Å²) < 4.78 is 55.2. The third kappa shape index (κ3) is 8.94. The topological polar surface area (TPSA) is 107 Å². The van der Waals surface area contributed by atoms with E-state index in [2.05, 4.69) is 11.7 Å². The minimum atomic E-state index is -4.70. The molecule has 0 amide bonds. The van der Waals surface area contributed by atoms with Gasteiger partial charge in [-0.2, -0.15) is 18.4 Å². The molecule has 3 aromatic rings. The number of carbonyl (C=O) groups excluding carboxylic acids is 1. The second kappa shape index (κ2) is 15.8. The number of aldehydes is 1. The van der Waals surface area contributed by atoms with Crippen LogP contribution in [0.15, 0.2) is 69.4 Å². The number of benzene rings is 3. The summed E-state index contributed by atoms with van der Waals surface area (Å²) in [5.41, 5.74) is 5.46. The highest BCUT2D eigenvalue weighted by atomic mass is 32.2. The molecular formula is C28H28F3N3O4S2. The normalized spacial score (nSPS) is 11.3. The van der Waals surface area contributed by atoms with Crippen molar-refractivity contribution in [1.82, 2.24) is 0 Å². The molecule has 212 valence electrons. The van der Waals surface area contributed by atoms with Gasteiger partial charge >= 0.3 is 6.18 Å². The van der Waals surface area contributed by atoms with Gasteiger partial charge in [-0.15, -0.1) is 23.5 Å². The number of nitrogens with two attached hydrogens (primary N) is 1. The van der Waals surface area contributed by atoms with Crippen LogP contribution in [0.2, 0.25) is 0 Å². The molecule has 0 aromatic heterocycles. The van der Waals surface area contributed by atoms with Gasteiger partial charge in [0.2, 0.25) is 0 Å². The average Bonchev–Trinajstić information content (AvgIpc) is 2.96. The summed E-state index contributed by atoms with van der Waals surface area (Å²) in [5.74, 6) is 2.18. The average molecular weight is 592 g/mol. The van der Waals surface area contributed by atoms with Crippen molar-refractivity contribution in [2.45, 2.75) is 29.0 Å². The lowest BCUT2D eigenvalue weighted by atomic mass is 10.1. The van der Waals surface area contributed by atoms with Crippen LogP contribution in [0.3, 0.4) is 0 Å². The molecule has 0 aliphatic rings. The van der Waals surface area contributed by atoms with Gasteiger partial charge in [0.25, 0.3) is 0 Å². The van der Waals surface area contributed by atoms with E-state index < -0.39 is 23.6 Å². The number of alkyl halides is 3. The minimum absolute atomic E-state index is 0.136. The maximum absolute atomic E-state index is 13.2. The fourth-order valence-corrected chi connectivity index (χ4v) is 4.64. The molecule has 0 heterocycles. The lowest BCUT2D eigenvalue weighted by molar-refractivity contribution is -0.139. The number of hydrogen-bond donors (Lipinski definition) is 1. The van der Waals surface area contributed by atoms with Crippen LogP contribution in [0.25, 0.3) is 0 Å². The van der Waals surface area contributed by atoms with Crippen molar-refractivity contribution in [2.24, 2.45) is 10.7 Å². The zero-order chi connectivity index (χ0) is 29.7. The second-order valence-electron chi connectivity index (χ2n) is 7.64. The van der Waals surface area contributed by atoms with E-state index >= 15 is 0 Å². The lowest BCUT2D eigenvalue weighted by Gasteiger charge is -2.18. The number of nitrogens with zero attached hydrogens (tertiary/aromatic N) is 2. The van der Waals surface area contributed by atoms with E-state index in [9.17, 15) is 18.0 Å². The van der Waals surface area contributed by atoms with Crippen LogP contribution in [-0.2, 0) is 11.0 Å². The van der Waals surface area contributed by atoms with E-state index in [1.54, 1.807) is 62.4 Å². The predicted molar refractivity (Wildman–Crippen MR) is 152 cm³/mol. The zero-order valence-electron chi connectivity index (χ0n) is 22.0. The number of carbonyl (C=O) groups is 1. The molecule has 2 N–H and O–H groups in total. The molecule has 0 bridgehead atoms. The molecule has 0 saturated heterocycles. The first-order valence-electron chi connectivity index (χ1n) is 11.7. The van der Waals surface area contributed by atoms with Crippen molar-refractivity contribution < 1.29 is 32.2 Å². The Balaban J connectivity index is 0.000000319. The van der Waals surface area contributed by atoms with Crippen molar-refractivity contribution in [3.8, 4) is 23.3 Å². The van der Waals surface area contributed by atoms with Gasteiger partial charge in [0.05, 0.1) is 37.1 Å². The molecule has 0 fully saturated rings. The molecule has 0 saturated carbocycles. The number of hydrogen-bond acceptors (Lipinski definition) is 9. The van der Waals surface area contributed by atoms with Crippen LogP contribution in [0, 0.1) is 11.3 Å². The van der Waals surface area contributed by atoms with E-state index in [-0.39, 0.29) is 5.56 Å². The Hall–Kier alpha value is -3.66. The zero-order valence-corrected chi connectivity index (χ0v) is 23.7. The summed E-state index contributed by atoms with van der Waals surface area (Å²) in [7, 11) is 3.18. The molecule has 12 heteroatoms. The van der Waals surface area contributed by atoms with Gasteiger partial charge in [0.15, 0.2) is 23.9 Å². The lowest BCUT2D eigenvalue weighted by Crippen LogP contribution is -2.14. The van der Waals surface area contributed by atoms with Crippen molar-refractivity contribution in [3.05, 3.63) is 71.3 Å². The van der Waals surface area contributed by atoms with Gasteiger partial charge in [0, 0.05) is 21.7 Å². The molecule has 3 rings (SSSR count). The summed E-state index contributed by atoms with van der Waals surface area (Å²) in [6.45, 7) is 5.50. The number of nitriles is 1. The first kappa shape index (κ1) is 32.6. The smallest absolute Gasteiger partial charge is 0.420 e. The summed E-state index contributed by atoms with van der Waals surface area (Å²) >= 11 is 3.09. The standard InChI is InChI=1S/C18H14F3NO2S.C10H14N2O2S/c1-2-25-14-6-4-13(5-7-14)17(11-23)24-16-8-3-12(10-22)9-15(16)18(19,20)21;1-12-7-4-8(13-2)9(14-3)5-10(7)15-6-11/h3-9,11,17H,2H2,1H3;4-5H,1,6,11H2,2-3H3. The summed E-state index contributed by atoms with van der Waals surface area (Å²) in [4.78, 5) is 17.2. The Morgan fingerprint density at radius 2 is 1.70 bits per heavy atom. The molecule has 1 unspecified atom stereocenters. The van der Waals surface area contributed by atoms with Crippen molar-refractivity contribution in [2.75, 3.05) is 25.8 Å². The van der Waals surface area contributed by atoms with E-state index in [0.717, 1.165) is 27.3 Å². The third-order valence-corrected chi connectivity index (χ3v) is 6.88. The predicted octanol–water partition coefficient (Wildman–Crippen LogP) is 7.05. The number of ether oxygens (including phenoxy) is 3. The van der Waals surface area contributed by atoms with Gasteiger partial charge in [0.1, 0.15) is 5.75 Å². The molecule has 0 radical (unpaired) electrons. The van der Waals surface area contributed by atoms with Gasteiger partial charge in [-0.05, 0) is 54.4 Å². The number of thioether (sulfide) groups is 2. The monoisotopic (exact) mass is 591 g/mol. The maximum atomic E-state index is 13.2. The molecular weight excluding hydrogens is 563 g/mol. The van der Waals surface area contributed by atoms with Crippen LogP contribution in [0.1, 0.15) is 29.7 Å². The molecule has 7 nitrogen and oxygen atoms in total. The number of aliphatic imine (C=N–C) groups is 1. The van der Waals surface area contributed by atoms with Gasteiger partial charge in [-0.1, -0.05) is 19.1 Å². The molecule has 40 heavy (non-hydrogen) atoms. The summed E-state index contributed by atoms with van der Waals surface area (Å²) in [6, 6.07) is 15.1. The Kier molecular flexibility index (Phi) is 12.9. The van der Waals surface area contributed by atoms with Gasteiger partial charge in [-0.25, -0.2) is 0 Å². The van der Waals surface area contributed by atoms with Crippen LogP contribution < -0.4 is 19.9 Å². The minimum Gasteiger partial charge on any atom is -0.493 e. The first-order valence-corrected chi connectivity index (χ1v) is 13.6. The Morgan fingerprint density at radius 3 is 2.20 bits per heavy atom.